The molecule has 1 aromatic rings. The third kappa shape index (κ3) is 4.10. The summed E-state index contributed by atoms with van der Waals surface area (Å²) in [4.78, 5) is 11.6. The Labute approximate surface area is 109 Å². The molecule has 0 aromatic heterocycles. The van der Waals surface area contributed by atoms with E-state index in [0.717, 1.165) is 4.47 Å². The Bertz CT molecular complexity index is 454. The molecule has 0 fully saturated rings. The van der Waals surface area contributed by atoms with Gasteiger partial charge >= 0.3 is 0 Å². The molecule has 1 atom stereocenters. The van der Waals surface area contributed by atoms with Gasteiger partial charge in [-0.1, -0.05) is 15.9 Å². The summed E-state index contributed by atoms with van der Waals surface area (Å²) in [6, 6.07) is 4.54. The number of nitrogens with two attached hydrogens (primary N) is 1. The van der Waals surface area contributed by atoms with Gasteiger partial charge in [0, 0.05) is 22.6 Å². The molecule has 0 saturated heterocycles. The second-order valence-corrected chi connectivity index (χ2v) is 4.30. The Morgan fingerprint density at radius 2 is 2.35 bits per heavy atom. The summed E-state index contributed by atoms with van der Waals surface area (Å²) < 4.78 is 5.88. The maximum atomic E-state index is 11.6. The lowest BCUT2D eigenvalue weighted by molar-refractivity contribution is -0.117. The maximum Gasteiger partial charge on any atom is 0.242 e. The van der Waals surface area contributed by atoms with E-state index in [-0.39, 0.29) is 12.3 Å². The Kier molecular flexibility index (Phi) is 5.01. The lowest BCUT2D eigenvalue weighted by atomic mass is 10.2. The van der Waals surface area contributed by atoms with E-state index in [4.69, 9.17) is 16.9 Å². The highest BCUT2D eigenvalue weighted by molar-refractivity contribution is 9.10. The summed E-state index contributed by atoms with van der Waals surface area (Å²) in [7, 11) is 1.55. The number of rotatable bonds is 4. The number of hydrogen-bond donors (Lipinski definition) is 2. The molecule has 1 rings (SSSR count). The summed E-state index contributed by atoms with van der Waals surface area (Å²) in [5, 5.41) is 2.67. The topological polar surface area (TPSA) is 64.4 Å². The van der Waals surface area contributed by atoms with Crippen molar-refractivity contribution in [2.75, 3.05) is 12.4 Å². The number of amides is 1. The molecule has 90 valence electrons. The predicted molar refractivity (Wildman–Crippen MR) is 70.7 cm³/mol. The van der Waals surface area contributed by atoms with Crippen LogP contribution in [0.25, 0.3) is 0 Å². The summed E-state index contributed by atoms with van der Waals surface area (Å²) in [6.07, 6.45) is 5.30. The SMILES string of the molecule is C#CCC(N)C(=O)Nc1cc(Br)cc(OC)c1. The molecule has 0 aliphatic carbocycles. The molecule has 17 heavy (non-hydrogen) atoms. The van der Waals surface area contributed by atoms with Gasteiger partial charge in [-0.05, 0) is 12.1 Å². The van der Waals surface area contributed by atoms with Crippen LogP contribution >= 0.6 is 15.9 Å². The number of carbonyl (C=O) groups excluding carboxylic acids is 1. The minimum Gasteiger partial charge on any atom is -0.497 e. The van der Waals surface area contributed by atoms with Gasteiger partial charge in [-0.25, -0.2) is 0 Å². The zero-order chi connectivity index (χ0) is 12.8. The zero-order valence-electron chi connectivity index (χ0n) is 9.37. The molecule has 0 spiro atoms. The number of hydrogen-bond acceptors (Lipinski definition) is 3. The van der Waals surface area contributed by atoms with Crippen molar-refractivity contribution in [3.8, 4) is 18.1 Å². The van der Waals surface area contributed by atoms with Crippen molar-refractivity contribution < 1.29 is 9.53 Å². The number of anilines is 1. The summed E-state index contributed by atoms with van der Waals surface area (Å²) in [5.74, 6) is 2.67. The van der Waals surface area contributed by atoms with Crippen LogP contribution in [0.2, 0.25) is 0 Å². The van der Waals surface area contributed by atoms with E-state index in [1.54, 1.807) is 25.3 Å². The van der Waals surface area contributed by atoms with Gasteiger partial charge in [-0.2, -0.15) is 0 Å². The van der Waals surface area contributed by atoms with Crippen molar-refractivity contribution >= 4 is 27.5 Å². The van der Waals surface area contributed by atoms with Crippen LogP contribution in [0.15, 0.2) is 22.7 Å². The fourth-order valence-corrected chi connectivity index (χ4v) is 1.68. The molecule has 1 amide bonds. The van der Waals surface area contributed by atoms with Crippen LogP contribution < -0.4 is 15.8 Å². The van der Waals surface area contributed by atoms with Crippen LogP contribution in [0.1, 0.15) is 6.42 Å². The van der Waals surface area contributed by atoms with E-state index in [9.17, 15) is 4.79 Å². The number of methoxy groups -OCH3 is 1. The minimum absolute atomic E-state index is 0.205. The monoisotopic (exact) mass is 296 g/mol. The van der Waals surface area contributed by atoms with Crippen LogP contribution in [0.4, 0.5) is 5.69 Å². The molecular weight excluding hydrogens is 284 g/mol. The first kappa shape index (κ1) is 13.6. The van der Waals surface area contributed by atoms with E-state index in [0.29, 0.717) is 11.4 Å². The second-order valence-electron chi connectivity index (χ2n) is 3.38. The fraction of sp³-hybridized carbons (Fsp3) is 0.250. The second kappa shape index (κ2) is 6.28. The molecular formula is C12H13BrN2O2. The van der Waals surface area contributed by atoms with Crippen molar-refractivity contribution in [2.45, 2.75) is 12.5 Å². The van der Waals surface area contributed by atoms with Crippen LogP contribution in [-0.4, -0.2) is 19.1 Å². The fourth-order valence-electron chi connectivity index (χ4n) is 1.21. The van der Waals surface area contributed by atoms with Crippen LogP contribution in [-0.2, 0) is 4.79 Å². The average molecular weight is 297 g/mol. The lowest BCUT2D eigenvalue weighted by Crippen LogP contribution is -2.35. The molecule has 0 radical (unpaired) electrons. The average Bonchev–Trinajstić information content (AvgIpc) is 2.28. The third-order valence-corrected chi connectivity index (χ3v) is 2.51. The summed E-state index contributed by atoms with van der Waals surface area (Å²) in [5.41, 5.74) is 6.19. The first-order valence-electron chi connectivity index (χ1n) is 4.91. The highest BCUT2D eigenvalue weighted by atomic mass is 79.9. The third-order valence-electron chi connectivity index (χ3n) is 2.05. The van der Waals surface area contributed by atoms with Gasteiger partial charge in [0.2, 0.25) is 5.91 Å². The number of carbonyl (C=O) groups is 1. The van der Waals surface area contributed by atoms with Gasteiger partial charge in [0.25, 0.3) is 0 Å². The van der Waals surface area contributed by atoms with Crippen molar-refractivity contribution in [2.24, 2.45) is 5.73 Å². The highest BCUT2D eigenvalue weighted by Gasteiger charge is 2.12. The van der Waals surface area contributed by atoms with Gasteiger partial charge < -0.3 is 15.8 Å². The number of halogens is 1. The molecule has 0 heterocycles. The highest BCUT2D eigenvalue weighted by Crippen LogP contribution is 2.24. The lowest BCUT2D eigenvalue weighted by Gasteiger charge is -2.11. The molecule has 0 aliphatic rings. The summed E-state index contributed by atoms with van der Waals surface area (Å²) in [6.45, 7) is 0. The van der Waals surface area contributed by atoms with Gasteiger partial charge in [-0.3, -0.25) is 4.79 Å². The molecule has 4 nitrogen and oxygen atoms in total. The smallest absolute Gasteiger partial charge is 0.242 e. The van der Waals surface area contributed by atoms with E-state index >= 15 is 0 Å². The van der Waals surface area contributed by atoms with Gasteiger partial charge in [0.05, 0.1) is 13.2 Å². The molecule has 1 aromatic carbocycles. The Morgan fingerprint density at radius 1 is 1.65 bits per heavy atom. The summed E-state index contributed by atoms with van der Waals surface area (Å²) >= 11 is 3.32. The quantitative estimate of drug-likeness (QED) is 0.832. The molecule has 0 bridgehead atoms. The standard InChI is InChI=1S/C12H13BrN2O2/c1-3-4-11(14)12(16)15-9-5-8(13)6-10(7-9)17-2/h1,5-7,11H,4,14H2,2H3,(H,15,16). The molecule has 3 N–H and O–H groups in total. The molecule has 5 heteroatoms. The van der Waals surface area contributed by atoms with Crippen LogP contribution in [0.5, 0.6) is 5.75 Å². The van der Waals surface area contributed by atoms with Crippen molar-refractivity contribution in [3.05, 3.63) is 22.7 Å². The molecule has 1 unspecified atom stereocenters. The molecule has 0 aliphatic heterocycles. The Morgan fingerprint density at radius 3 is 2.94 bits per heavy atom. The maximum absolute atomic E-state index is 11.6. The van der Waals surface area contributed by atoms with E-state index in [1.165, 1.54) is 0 Å². The van der Waals surface area contributed by atoms with Crippen LogP contribution in [0, 0.1) is 12.3 Å². The number of ether oxygens (including phenoxy) is 1. The zero-order valence-corrected chi connectivity index (χ0v) is 11.0. The first-order valence-corrected chi connectivity index (χ1v) is 5.70. The predicted octanol–water partition coefficient (Wildman–Crippen LogP) is 1.75. The Hall–Kier alpha value is -1.51. The normalized spacial score (nSPS) is 11.4. The van der Waals surface area contributed by atoms with E-state index in [2.05, 4.69) is 27.2 Å². The minimum atomic E-state index is -0.704. The van der Waals surface area contributed by atoms with Gasteiger partial charge in [0.15, 0.2) is 0 Å². The van der Waals surface area contributed by atoms with Crippen molar-refractivity contribution in [1.29, 1.82) is 0 Å². The van der Waals surface area contributed by atoms with Crippen LogP contribution in [0.3, 0.4) is 0 Å². The number of benzene rings is 1. The first-order chi connectivity index (χ1) is 8.06. The largest absolute Gasteiger partial charge is 0.497 e. The van der Waals surface area contributed by atoms with Crippen molar-refractivity contribution in [1.82, 2.24) is 0 Å². The van der Waals surface area contributed by atoms with Gasteiger partial charge in [0.1, 0.15) is 5.75 Å². The van der Waals surface area contributed by atoms with E-state index < -0.39 is 6.04 Å². The van der Waals surface area contributed by atoms with E-state index in [1.807, 2.05) is 0 Å². The number of nitrogens with one attached hydrogen (secondary N) is 1. The van der Waals surface area contributed by atoms with Gasteiger partial charge in [-0.15, -0.1) is 12.3 Å². The number of terminal acetylenes is 1. The van der Waals surface area contributed by atoms with Crippen molar-refractivity contribution in [3.63, 3.8) is 0 Å². The molecule has 0 saturated carbocycles. The Balaban J connectivity index is 2.78.